The Morgan fingerprint density at radius 3 is 2.48 bits per heavy atom. The maximum Gasteiger partial charge on any atom is 0.416 e. The lowest BCUT2D eigenvalue weighted by molar-refractivity contribution is -0.137. The molecule has 1 aliphatic rings. The van der Waals surface area contributed by atoms with Crippen LogP contribution in [0, 0.1) is 0 Å². The molecule has 1 heterocycles. The third-order valence-corrected chi connectivity index (χ3v) is 5.00. The van der Waals surface area contributed by atoms with Crippen LogP contribution in [0.5, 0.6) is 0 Å². The molecule has 0 aromatic heterocycles. The number of hydrogen-bond acceptors (Lipinski definition) is 4. The van der Waals surface area contributed by atoms with Crippen molar-refractivity contribution in [1.82, 2.24) is 15.4 Å². The van der Waals surface area contributed by atoms with Crippen LogP contribution in [0.3, 0.4) is 0 Å². The fourth-order valence-electron chi connectivity index (χ4n) is 2.33. The number of carbonyl (C=O) groups is 1. The van der Waals surface area contributed by atoms with E-state index in [0.717, 1.165) is 44.1 Å². The Bertz CT molecular complexity index is 692. The molecule has 1 aliphatic heterocycles. The number of rotatable bonds is 5. The first-order chi connectivity index (χ1) is 11.2. The van der Waals surface area contributed by atoms with E-state index in [9.17, 15) is 26.4 Å². The third-order valence-electron chi connectivity index (χ3n) is 3.60. The number of nitrogens with one attached hydrogen (secondary N) is 3. The van der Waals surface area contributed by atoms with Crippen molar-refractivity contribution in [3.05, 3.63) is 29.8 Å². The molecule has 25 heavy (non-hydrogen) atoms. The summed E-state index contributed by atoms with van der Waals surface area (Å²) in [6, 6.07) is 3.33. The summed E-state index contributed by atoms with van der Waals surface area (Å²) < 4.78 is 64.0. The zero-order valence-electron chi connectivity index (χ0n) is 13.1. The summed E-state index contributed by atoms with van der Waals surface area (Å²) in [6.07, 6.45) is -3.16. The van der Waals surface area contributed by atoms with Crippen molar-refractivity contribution in [3.63, 3.8) is 0 Å². The normalized spacial score (nSPS) is 16.1. The molecule has 0 bridgehead atoms. The van der Waals surface area contributed by atoms with Crippen molar-refractivity contribution in [3.8, 4) is 0 Å². The zero-order chi connectivity index (χ0) is 17.8. The summed E-state index contributed by atoms with van der Waals surface area (Å²) in [7, 11) is -4.20. The molecule has 0 atom stereocenters. The van der Waals surface area contributed by atoms with Gasteiger partial charge in [0, 0.05) is 6.04 Å². The quantitative estimate of drug-likeness (QED) is 0.693. The van der Waals surface area contributed by atoms with E-state index in [1.54, 1.807) is 0 Å². The van der Waals surface area contributed by atoms with Gasteiger partial charge in [0.1, 0.15) is 0 Å². The highest BCUT2D eigenvalue weighted by atomic mass is 35.5. The van der Waals surface area contributed by atoms with Crippen molar-refractivity contribution in [2.24, 2.45) is 0 Å². The fraction of sp³-hybridized carbons (Fsp3) is 0.500. The highest BCUT2D eigenvalue weighted by Gasteiger charge is 2.31. The number of carbonyl (C=O) groups excluding carboxylic acids is 1. The molecular weight excluding hydrogens is 383 g/mol. The van der Waals surface area contributed by atoms with E-state index >= 15 is 0 Å². The summed E-state index contributed by atoms with van der Waals surface area (Å²) in [5.41, 5.74) is -1.07. The highest BCUT2D eigenvalue weighted by Crippen LogP contribution is 2.30. The first-order valence-electron chi connectivity index (χ1n) is 7.35. The Balaban J connectivity index is 0.00000312. The lowest BCUT2D eigenvalue weighted by atomic mass is 10.1. The van der Waals surface area contributed by atoms with E-state index in [1.807, 2.05) is 4.72 Å². The van der Waals surface area contributed by atoms with Crippen molar-refractivity contribution in [2.45, 2.75) is 30.0 Å². The van der Waals surface area contributed by atoms with Gasteiger partial charge in [-0.2, -0.15) is 13.2 Å². The van der Waals surface area contributed by atoms with Crippen LogP contribution >= 0.6 is 12.4 Å². The number of sulfonamides is 1. The van der Waals surface area contributed by atoms with Gasteiger partial charge in [0.15, 0.2) is 0 Å². The van der Waals surface area contributed by atoms with Gasteiger partial charge in [-0.3, -0.25) is 4.79 Å². The lowest BCUT2D eigenvalue weighted by Gasteiger charge is -2.23. The highest BCUT2D eigenvalue weighted by molar-refractivity contribution is 7.89. The van der Waals surface area contributed by atoms with Gasteiger partial charge < -0.3 is 10.6 Å². The fourth-order valence-corrected chi connectivity index (χ4v) is 3.36. The minimum Gasteiger partial charge on any atom is -0.352 e. The molecule has 3 N–H and O–H groups in total. The molecule has 2 rings (SSSR count). The van der Waals surface area contributed by atoms with Crippen molar-refractivity contribution in [2.75, 3.05) is 19.6 Å². The minimum atomic E-state index is -4.64. The molecular formula is C14H19ClF3N3O3S. The molecule has 142 valence electrons. The van der Waals surface area contributed by atoms with E-state index < -0.39 is 39.1 Å². The number of alkyl halides is 3. The third kappa shape index (κ3) is 6.46. The number of halogens is 4. The molecule has 1 amide bonds. The van der Waals surface area contributed by atoms with Crippen LogP contribution in [0.2, 0.25) is 0 Å². The van der Waals surface area contributed by atoms with Crippen LogP contribution in [0.4, 0.5) is 13.2 Å². The second kappa shape index (κ2) is 8.84. The summed E-state index contributed by atoms with van der Waals surface area (Å²) in [6.45, 7) is 1.00. The van der Waals surface area contributed by atoms with Crippen LogP contribution in [-0.4, -0.2) is 40.0 Å². The summed E-state index contributed by atoms with van der Waals surface area (Å²) in [5.74, 6) is -0.516. The van der Waals surface area contributed by atoms with Gasteiger partial charge in [0.2, 0.25) is 15.9 Å². The first-order valence-corrected chi connectivity index (χ1v) is 8.84. The average Bonchev–Trinajstić information content (AvgIpc) is 2.53. The molecule has 11 heteroatoms. The van der Waals surface area contributed by atoms with Crippen molar-refractivity contribution in [1.29, 1.82) is 0 Å². The average molecular weight is 402 g/mol. The number of piperidine rings is 1. The van der Waals surface area contributed by atoms with Crippen LogP contribution in [0.15, 0.2) is 29.2 Å². The minimum absolute atomic E-state index is 0. The Kier molecular flexibility index (Phi) is 7.66. The van der Waals surface area contributed by atoms with Gasteiger partial charge in [-0.05, 0) is 44.1 Å². The van der Waals surface area contributed by atoms with Gasteiger partial charge in [-0.25, -0.2) is 13.1 Å². The molecule has 1 aromatic rings. The largest absolute Gasteiger partial charge is 0.416 e. The monoisotopic (exact) mass is 401 g/mol. The molecule has 0 aliphatic carbocycles. The SMILES string of the molecule is Cl.O=C(CNS(=O)(=O)c1cccc(C(F)(F)F)c1)NC1CCNCC1. The van der Waals surface area contributed by atoms with Crippen LogP contribution in [0.25, 0.3) is 0 Å². The van der Waals surface area contributed by atoms with E-state index in [4.69, 9.17) is 0 Å². The molecule has 1 aromatic carbocycles. The topological polar surface area (TPSA) is 87.3 Å². The molecule has 0 spiro atoms. The molecule has 0 saturated carbocycles. The predicted octanol–water partition coefficient (Wildman–Crippen LogP) is 1.27. The maximum absolute atomic E-state index is 12.6. The summed E-state index contributed by atoms with van der Waals surface area (Å²) >= 11 is 0. The number of benzene rings is 1. The van der Waals surface area contributed by atoms with Gasteiger partial charge in [0.05, 0.1) is 17.0 Å². The molecule has 0 radical (unpaired) electrons. The summed E-state index contributed by atoms with van der Waals surface area (Å²) in [4.78, 5) is 11.2. The molecule has 0 unspecified atom stereocenters. The Morgan fingerprint density at radius 1 is 1.24 bits per heavy atom. The Hall–Kier alpha value is -1.36. The second-order valence-corrected chi connectivity index (χ2v) is 7.21. The van der Waals surface area contributed by atoms with Gasteiger partial charge >= 0.3 is 6.18 Å². The van der Waals surface area contributed by atoms with Crippen LogP contribution in [-0.2, 0) is 21.0 Å². The number of amides is 1. The van der Waals surface area contributed by atoms with Gasteiger partial charge in [0.25, 0.3) is 0 Å². The molecule has 1 fully saturated rings. The van der Waals surface area contributed by atoms with Crippen molar-refractivity contribution < 1.29 is 26.4 Å². The first kappa shape index (κ1) is 21.7. The lowest BCUT2D eigenvalue weighted by Crippen LogP contribution is -2.46. The number of hydrogen-bond donors (Lipinski definition) is 3. The van der Waals surface area contributed by atoms with Crippen LogP contribution in [0.1, 0.15) is 18.4 Å². The maximum atomic E-state index is 12.6. The van der Waals surface area contributed by atoms with E-state index in [2.05, 4.69) is 10.6 Å². The van der Waals surface area contributed by atoms with E-state index in [-0.39, 0.29) is 18.4 Å². The zero-order valence-corrected chi connectivity index (χ0v) is 14.7. The van der Waals surface area contributed by atoms with E-state index in [0.29, 0.717) is 6.07 Å². The molecule has 1 saturated heterocycles. The standard InChI is InChI=1S/C14H18F3N3O3S.ClH/c15-14(16,17)10-2-1-3-12(8-10)24(22,23)19-9-13(21)20-11-4-6-18-7-5-11;/h1-3,8,11,18-19H,4-7,9H2,(H,20,21);1H. The molecule has 6 nitrogen and oxygen atoms in total. The van der Waals surface area contributed by atoms with Crippen LogP contribution < -0.4 is 15.4 Å². The second-order valence-electron chi connectivity index (χ2n) is 5.44. The predicted molar refractivity (Wildman–Crippen MR) is 87.9 cm³/mol. The van der Waals surface area contributed by atoms with Gasteiger partial charge in [-0.1, -0.05) is 6.07 Å². The van der Waals surface area contributed by atoms with E-state index in [1.165, 1.54) is 0 Å². The van der Waals surface area contributed by atoms with Gasteiger partial charge in [-0.15, -0.1) is 12.4 Å². The van der Waals surface area contributed by atoms with Crippen molar-refractivity contribution >= 4 is 28.3 Å². The Labute approximate surface area is 150 Å². The summed E-state index contributed by atoms with van der Waals surface area (Å²) in [5, 5.41) is 5.82. The Morgan fingerprint density at radius 2 is 1.88 bits per heavy atom. The smallest absolute Gasteiger partial charge is 0.352 e.